The monoisotopic (exact) mass is 526 g/mol. The quantitative estimate of drug-likeness (QED) is 0.398. The molecule has 0 atom stereocenters. The van der Waals surface area contributed by atoms with Crippen LogP contribution in [0.5, 0.6) is 5.75 Å². The molecule has 194 valence electrons. The summed E-state index contributed by atoms with van der Waals surface area (Å²) in [6.45, 7) is 1.66. The molecule has 3 aromatic rings. The Morgan fingerprint density at radius 1 is 0.838 bits per heavy atom. The molecule has 1 N–H and O–H groups in total. The van der Waals surface area contributed by atoms with Crippen molar-refractivity contribution in [3.8, 4) is 5.75 Å². The number of hydrogen-bond donors (Lipinski definition) is 1. The van der Waals surface area contributed by atoms with Crippen LogP contribution in [0.1, 0.15) is 27.6 Å². The van der Waals surface area contributed by atoms with Crippen molar-refractivity contribution in [1.82, 2.24) is 0 Å². The number of hydrogen-bond acceptors (Lipinski definition) is 8. The molecule has 0 fully saturated rings. The molecule has 37 heavy (non-hydrogen) atoms. The first-order chi connectivity index (χ1) is 17.7. The number of carbonyl (C=O) groups excluding carboxylic acids is 3. The Morgan fingerprint density at radius 2 is 1.41 bits per heavy atom. The second kappa shape index (κ2) is 12.0. The van der Waals surface area contributed by atoms with Crippen LogP contribution in [0.15, 0.2) is 77.7 Å². The summed E-state index contributed by atoms with van der Waals surface area (Å²) in [5.74, 6) is -1.66. The van der Waals surface area contributed by atoms with E-state index in [1.54, 1.807) is 30.3 Å². The lowest BCUT2D eigenvalue weighted by Crippen LogP contribution is -2.38. The Bertz CT molecular complexity index is 1340. The number of para-hydroxylation sites is 1. The largest absolute Gasteiger partial charge is 0.494 e. The van der Waals surface area contributed by atoms with Crippen molar-refractivity contribution in [2.45, 2.75) is 11.8 Å². The molecule has 0 heterocycles. The highest BCUT2D eigenvalue weighted by Crippen LogP contribution is 2.25. The van der Waals surface area contributed by atoms with Gasteiger partial charge in [0.25, 0.3) is 10.0 Å². The zero-order valence-electron chi connectivity index (χ0n) is 20.5. The molecular weight excluding hydrogens is 500 g/mol. The van der Waals surface area contributed by atoms with E-state index in [0.29, 0.717) is 12.4 Å². The zero-order chi connectivity index (χ0) is 27.0. The summed E-state index contributed by atoms with van der Waals surface area (Å²) in [6, 6.07) is 17.9. The third kappa shape index (κ3) is 6.64. The summed E-state index contributed by atoms with van der Waals surface area (Å²) in [7, 11) is -1.80. The third-order valence-corrected chi connectivity index (χ3v) is 6.90. The maximum Gasteiger partial charge on any atom is 0.337 e. The summed E-state index contributed by atoms with van der Waals surface area (Å²) in [5.41, 5.74) is 0.357. The molecule has 0 saturated heterocycles. The van der Waals surface area contributed by atoms with Gasteiger partial charge in [0.05, 0.1) is 42.5 Å². The smallest absolute Gasteiger partial charge is 0.337 e. The fraction of sp³-hybridized carbons (Fsp3) is 0.192. The minimum Gasteiger partial charge on any atom is -0.494 e. The maximum absolute atomic E-state index is 13.5. The molecule has 0 radical (unpaired) electrons. The standard InChI is InChI=1S/C26H26N2O8S/c1-4-36-22-10-12-23(13-11-22)37(32,33)28(21-8-6-5-7-9-21)17-24(29)27-20-15-18(25(30)34-2)14-19(16-20)26(31)35-3/h5-16H,4,17H2,1-3H3,(H,27,29). The zero-order valence-corrected chi connectivity index (χ0v) is 21.3. The van der Waals surface area contributed by atoms with Gasteiger partial charge in [-0.1, -0.05) is 18.2 Å². The van der Waals surface area contributed by atoms with Crippen LogP contribution in [0, 0.1) is 0 Å². The van der Waals surface area contributed by atoms with E-state index in [2.05, 4.69) is 5.32 Å². The Kier molecular flexibility index (Phi) is 8.86. The lowest BCUT2D eigenvalue weighted by atomic mass is 10.1. The predicted octanol–water partition coefficient (Wildman–Crippen LogP) is 3.49. The number of ether oxygens (including phenoxy) is 3. The van der Waals surface area contributed by atoms with Crippen LogP contribution in [0.2, 0.25) is 0 Å². The van der Waals surface area contributed by atoms with Crippen LogP contribution >= 0.6 is 0 Å². The van der Waals surface area contributed by atoms with Crippen LogP contribution in [-0.4, -0.2) is 53.6 Å². The average Bonchev–Trinajstić information content (AvgIpc) is 2.91. The molecule has 0 spiro atoms. The van der Waals surface area contributed by atoms with Crippen molar-refractivity contribution in [2.24, 2.45) is 0 Å². The fourth-order valence-electron chi connectivity index (χ4n) is 3.41. The van der Waals surface area contributed by atoms with Gasteiger partial charge < -0.3 is 19.5 Å². The first-order valence-electron chi connectivity index (χ1n) is 11.1. The molecule has 1 amide bonds. The van der Waals surface area contributed by atoms with Gasteiger partial charge >= 0.3 is 11.9 Å². The highest BCUT2D eigenvalue weighted by molar-refractivity contribution is 7.92. The van der Waals surface area contributed by atoms with Gasteiger partial charge in [-0.2, -0.15) is 0 Å². The Hall–Kier alpha value is -4.38. The molecule has 0 bridgehead atoms. The van der Waals surface area contributed by atoms with Crippen LogP contribution in [0.25, 0.3) is 0 Å². The SMILES string of the molecule is CCOc1ccc(S(=O)(=O)N(CC(=O)Nc2cc(C(=O)OC)cc(C(=O)OC)c2)c2ccccc2)cc1. The molecule has 0 aliphatic heterocycles. The number of esters is 2. The second-order valence-electron chi connectivity index (χ2n) is 7.58. The van der Waals surface area contributed by atoms with Crippen LogP contribution in [0.4, 0.5) is 11.4 Å². The number of nitrogens with zero attached hydrogens (tertiary/aromatic N) is 1. The topological polar surface area (TPSA) is 128 Å². The van der Waals surface area contributed by atoms with Crippen LogP contribution in [-0.2, 0) is 24.3 Å². The highest BCUT2D eigenvalue weighted by atomic mass is 32.2. The van der Waals surface area contributed by atoms with Crippen molar-refractivity contribution in [3.05, 3.63) is 83.9 Å². The number of methoxy groups -OCH3 is 2. The molecule has 10 nitrogen and oxygen atoms in total. The minimum absolute atomic E-state index is 0.00243. The van der Waals surface area contributed by atoms with Crippen molar-refractivity contribution >= 4 is 39.2 Å². The number of amides is 1. The molecular formula is C26H26N2O8S. The van der Waals surface area contributed by atoms with Gasteiger partial charge in [0, 0.05) is 5.69 Å². The van der Waals surface area contributed by atoms with Gasteiger partial charge in [0.1, 0.15) is 12.3 Å². The summed E-state index contributed by atoms with van der Waals surface area (Å²) in [6.07, 6.45) is 0. The van der Waals surface area contributed by atoms with E-state index in [9.17, 15) is 22.8 Å². The average molecular weight is 527 g/mol. The van der Waals surface area contributed by atoms with Crippen molar-refractivity contribution in [1.29, 1.82) is 0 Å². The Morgan fingerprint density at radius 3 is 1.92 bits per heavy atom. The van der Waals surface area contributed by atoms with Crippen LogP contribution in [0.3, 0.4) is 0 Å². The molecule has 3 aromatic carbocycles. The summed E-state index contributed by atoms with van der Waals surface area (Å²) in [4.78, 5) is 37.1. The molecule has 3 rings (SSSR count). The van der Waals surface area contributed by atoms with Gasteiger partial charge in [-0.05, 0) is 61.5 Å². The van der Waals surface area contributed by atoms with E-state index >= 15 is 0 Å². The molecule has 11 heteroatoms. The molecule has 0 aliphatic carbocycles. The number of anilines is 2. The van der Waals surface area contributed by atoms with Gasteiger partial charge in [-0.15, -0.1) is 0 Å². The normalized spacial score (nSPS) is 10.8. The number of carbonyl (C=O) groups is 3. The molecule has 0 aromatic heterocycles. The number of nitrogens with one attached hydrogen (secondary N) is 1. The Labute approximate surface area is 214 Å². The van der Waals surface area contributed by atoms with E-state index in [4.69, 9.17) is 14.2 Å². The van der Waals surface area contributed by atoms with Gasteiger partial charge in [-0.25, -0.2) is 18.0 Å². The third-order valence-electron chi connectivity index (χ3n) is 5.11. The van der Waals surface area contributed by atoms with Crippen molar-refractivity contribution in [2.75, 3.05) is 37.0 Å². The summed E-state index contributed by atoms with van der Waals surface area (Å²) >= 11 is 0. The number of rotatable bonds is 10. The van der Waals surface area contributed by atoms with E-state index in [1.165, 1.54) is 56.7 Å². The summed E-state index contributed by atoms with van der Waals surface area (Å²) in [5, 5.41) is 2.55. The van der Waals surface area contributed by atoms with Gasteiger partial charge in [0.2, 0.25) is 5.91 Å². The van der Waals surface area contributed by atoms with Crippen molar-refractivity contribution < 1.29 is 37.0 Å². The predicted molar refractivity (Wildman–Crippen MR) is 136 cm³/mol. The highest BCUT2D eigenvalue weighted by Gasteiger charge is 2.27. The maximum atomic E-state index is 13.5. The second-order valence-corrected chi connectivity index (χ2v) is 9.44. The lowest BCUT2D eigenvalue weighted by Gasteiger charge is -2.24. The lowest BCUT2D eigenvalue weighted by molar-refractivity contribution is -0.114. The van der Waals surface area contributed by atoms with Gasteiger partial charge in [0.15, 0.2) is 0 Å². The first-order valence-corrected chi connectivity index (χ1v) is 12.6. The Balaban J connectivity index is 1.93. The minimum atomic E-state index is -4.16. The molecule has 0 saturated carbocycles. The fourth-order valence-corrected chi connectivity index (χ4v) is 4.83. The number of sulfonamides is 1. The number of benzene rings is 3. The summed E-state index contributed by atoms with van der Waals surface area (Å²) < 4.78 is 42.8. The van der Waals surface area contributed by atoms with Crippen LogP contribution < -0.4 is 14.4 Å². The van der Waals surface area contributed by atoms with E-state index in [0.717, 1.165) is 4.31 Å². The van der Waals surface area contributed by atoms with E-state index in [1.807, 2.05) is 6.92 Å². The molecule has 0 unspecified atom stereocenters. The molecule has 0 aliphatic rings. The van der Waals surface area contributed by atoms with E-state index < -0.39 is 34.4 Å². The van der Waals surface area contributed by atoms with Crippen molar-refractivity contribution in [3.63, 3.8) is 0 Å². The van der Waals surface area contributed by atoms with Gasteiger partial charge in [-0.3, -0.25) is 9.10 Å². The van der Waals surface area contributed by atoms with E-state index in [-0.39, 0.29) is 27.4 Å². The first kappa shape index (κ1) is 27.2.